The zero-order chi connectivity index (χ0) is 7.56. The highest BCUT2D eigenvalue weighted by Crippen LogP contribution is 1.98. The zero-order valence-corrected chi connectivity index (χ0v) is 6.27. The van der Waals surface area contributed by atoms with Crippen LogP contribution in [0.5, 0.6) is 0 Å². The number of nitrogens with one attached hydrogen (secondary N) is 1. The fourth-order valence-electron chi connectivity index (χ4n) is 0.711. The van der Waals surface area contributed by atoms with Crippen LogP contribution in [0.25, 0.3) is 0 Å². The van der Waals surface area contributed by atoms with Gasteiger partial charge in [0, 0.05) is 11.9 Å². The number of hydrogen-bond donors (Lipinski definition) is 1. The van der Waals surface area contributed by atoms with E-state index in [-0.39, 0.29) is 11.7 Å². The maximum absolute atomic E-state index is 10.3. The number of carbonyl (C=O) groups is 1. The molecule has 54 valence electrons. The van der Waals surface area contributed by atoms with E-state index >= 15 is 0 Å². The van der Waals surface area contributed by atoms with Crippen LogP contribution in [0.15, 0.2) is 6.20 Å². The molecule has 10 heavy (non-hydrogen) atoms. The molecule has 0 aromatic carbocycles. The van der Waals surface area contributed by atoms with Crippen LogP contribution < -0.4 is 0 Å². The zero-order valence-electron chi connectivity index (χ0n) is 5.52. The van der Waals surface area contributed by atoms with Gasteiger partial charge in [0.2, 0.25) is 5.24 Å². The highest BCUT2D eigenvalue weighted by Gasteiger charge is 2.00. The van der Waals surface area contributed by atoms with Crippen molar-refractivity contribution < 1.29 is 4.79 Å². The van der Waals surface area contributed by atoms with Gasteiger partial charge in [0.15, 0.2) is 0 Å². The molecule has 3 nitrogen and oxygen atoms in total. The minimum Gasteiger partial charge on any atom is -0.346 e. The van der Waals surface area contributed by atoms with Gasteiger partial charge in [0.1, 0.15) is 5.82 Å². The summed E-state index contributed by atoms with van der Waals surface area (Å²) in [5.41, 5.74) is 0.762. The van der Waals surface area contributed by atoms with Gasteiger partial charge in [0.25, 0.3) is 0 Å². The molecule has 0 aliphatic rings. The van der Waals surface area contributed by atoms with Crippen LogP contribution in [-0.2, 0) is 11.2 Å². The van der Waals surface area contributed by atoms with Crippen molar-refractivity contribution in [3.05, 3.63) is 17.7 Å². The summed E-state index contributed by atoms with van der Waals surface area (Å²) in [5.74, 6) is 0.799. The van der Waals surface area contributed by atoms with Gasteiger partial charge >= 0.3 is 0 Å². The van der Waals surface area contributed by atoms with E-state index in [1.165, 1.54) is 0 Å². The Labute approximate surface area is 63.4 Å². The number of nitrogens with zero attached hydrogens (tertiary/aromatic N) is 1. The van der Waals surface area contributed by atoms with Gasteiger partial charge in [-0.3, -0.25) is 4.79 Å². The molecule has 0 saturated heterocycles. The molecule has 0 aliphatic carbocycles. The van der Waals surface area contributed by atoms with Crippen molar-refractivity contribution in [1.82, 2.24) is 9.97 Å². The van der Waals surface area contributed by atoms with E-state index in [9.17, 15) is 4.79 Å². The number of aromatic nitrogens is 2. The molecular formula is C6H7ClN2O. The van der Waals surface area contributed by atoms with E-state index in [4.69, 9.17) is 11.6 Å². The van der Waals surface area contributed by atoms with E-state index in [0.29, 0.717) is 0 Å². The van der Waals surface area contributed by atoms with Crippen LogP contribution in [0.4, 0.5) is 0 Å². The SMILES string of the molecule is Cc1ncc(CC(=O)Cl)[nH]1. The first-order chi connectivity index (χ1) is 4.68. The molecule has 0 unspecified atom stereocenters. The molecule has 1 N–H and O–H groups in total. The van der Waals surface area contributed by atoms with E-state index in [1.54, 1.807) is 6.20 Å². The van der Waals surface area contributed by atoms with Gasteiger partial charge in [0.05, 0.1) is 6.42 Å². The predicted molar refractivity (Wildman–Crippen MR) is 37.9 cm³/mol. The third kappa shape index (κ3) is 1.84. The molecular weight excluding hydrogens is 152 g/mol. The van der Waals surface area contributed by atoms with Crippen molar-refractivity contribution in [1.29, 1.82) is 0 Å². The average Bonchev–Trinajstić information content (AvgIpc) is 2.13. The Morgan fingerprint density at radius 3 is 3.00 bits per heavy atom. The lowest BCUT2D eigenvalue weighted by molar-refractivity contribution is -0.111. The molecule has 1 aromatic heterocycles. The maximum Gasteiger partial charge on any atom is 0.227 e. The highest BCUT2D eigenvalue weighted by atomic mass is 35.5. The molecule has 0 atom stereocenters. The number of hydrogen-bond acceptors (Lipinski definition) is 2. The van der Waals surface area contributed by atoms with Crippen LogP contribution in [0.1, 0.15) is 11.5 Å². The van der Waals surface area contributed by atoms with E-state index in [1.807, 2.05) is 6.92 Å². The van der Waals surface area contributed by atoms with Gasteiger partial charge in [-0.1, -0.05) is 0 Å². The second-order valence-corrected chi connectivity index (χ2v) is 2.45. The number of H-pyrrole nitrogens is 1. The predicted octanol–water partition coefficient (Wildman–Crippen LogP) is 1.03. The number of aryl methyl sites for hydroxylation is 1. The molecule has 0 amide bonds. The second-order valence-electron chi connectivity index (χ2n) is 2.03. The van der Waals surface area contributed by atoms with Crippen LogP contribution >= 0.6 is 11.6 Å². The van der Waals surface area contributed by atoms with Crippen LogP contribution in [-0.4, -0.2) is 15.2 Å². The number of rotatable bonds is 2. The lowest BCUT2D eigenvalue weighted by Gasteiger charge is -1.86. The van der Waals surface area contributed by atoms with Crippen LogP contribution in [0, 0.1) is 6.92 Å². The first-order valence-corrected chi connectivity index (χ1v) is 3.25. The summed E-state index contributed by atoms with van der Waals surface area (Å²) in [5, 5.41) is -0.372. The summed E-state index contributed by atoms with van der Waals surface area (Å²) in [4.78, 5) is 17.1. The van der Waals surface area contributed by atoms with E-state index in [2.05, 4.69) is 9.97 Å². The van der Waals surface area contributed by atoms with E-state index in [0.717, 1.165) is 11.5 Å². The molecule has 0 aliphatic heterocycles. The van der Waals surface area contributed by atoms with Crippen molar-refractivity contribution in [2.45, 2.75) is 13.3 Å². The molecule has 0 saturated carbocycles. The first-order valence-electron chi connectivity index (χ1n) is 2.87. The second kappa shape index (κ2) is 2.84. The van der Waals surface area contributed by atoms with Gasteiger partial charge in [-0.25, -0.2) is 4.98 Å². The number of aromatic amines is 1. The summed E-state index contributed by atoms with van der Waals surface area (Å²) in [6.07, 6.45) is 1.83. The molecule has 1 aromatic rings. The van der Waals surface area contributed by atoms with Crippen LogP contribution in [0.2, 0.25) is 0 Å². The van der Waals surface area contributed by atoms with Crippen molar-refractivity contribution >= 4 is 16.8 Å². The average molecular weight is 159 g/mol. The summed E-state index contributed by atoms with van der Waals surface area (Å²) < 4.78 is 0. The Kier molecular flexibility index (Phi) is 2.06. The Morgan fingerprint density at radius 1 is 1.90 bits per heavy atom. The fourth-order valence-corrected chi connectivity index (χ4v) is 0.855. The Morgan fingerprint density at radius 2 is 2.60 bits per heavy atom. The largest absolute Gasteiger partial charge is 0.346 e. The molecule has 0 fully saturated rings. The van der Waals surface area contributed by atoms with E-state index < -0.39 is 0 Å². The third-order valence-corrected chi connectivity index (χ3v) is 1.22. The summed E-state index contributed by atoms with van der Waals surface area (Å²) in [6, 6.07) is 0. The van der Waals surface area contributed by atoms with Crippen molar-refractivity contribution in [3.8, 4) is 0 Å². The minimum absolute atomic E-state index is 0.225. The smallest absolute Gasteiger partial charge is 0.227 e. The Balaban J connectivity index is 2.67. The topological polar surface area (TPSA) is 45.8 Å². The van der Waals surface area contributed by atoms with Gasteiger partial charge in [-0.2, -0.15) is 0 Å². The normalized spacial score (nSPS) is 9.80. The molecule has 0 radical (unpaired) electrons. The van der Waals surface area contributed by atoms with Crippen LogP contribution in [0.3, 0.4) is 0 Å². The summed E-state index contributed by atoms with van der Waals surface area (Å²) in [6.45, 7) is 1.82. The molecule has 1 heterocycles. The summed E-state index contributed by atoms with van der Waals surface area (Å²) >= 11 is 5.13. The van der Waals surface area contributed by atoms with Crippen molar-refractivity contribution in [2.24, 2.45) is 0 Å². The van der Waals surface area contributed by atoms with Gasteiger partial charge in [-0.15, -0.1) is 0 Å². The first kappa shape index (κ1) is 7.28. The van der Waals surface area contributed by atoms with Crippen molar-refractivity contribution in [3.63, 3.8) is 0 Å². The minimum atomic E-state index is -0.372. The lowest BCUT2D eigenvalue weighted by atomic mass is 10.4. The maximum atomic E-state index is 10.3. The van der Waals surface area contributed by atoms with Gasteiger partial charge < -0.3 is 4.98 Å². The highest BCUT2D eigenvalue weighted by molar-refractivity contribution is 6.63. The Hall–Kier alpha value is -0.830. The quantitative estimate of drug-likeness (QED) is 0.654. The number of halogens is 1. The number of carbonyl (C=O) groups excluding carboxylic acids is 1. The monoisotopic (exact) mass is 158 g/mol. The molecule has 0 bridgehead atoms. The van der Waals surface area contributed by atoms with Gasteiger partial charge in [-0.05, 0) is 18.5 Å². The molecule has 1 rings (SSSR count). The Bertz CT molecular complexity index is 244. The fraction of sp³-hybridized carbons (Fsp3) is 0.333. The molecule has 4 heteroatoms. The molecule has 0 spiro atoms. The number of imidazole rings is 1. The third-order valence-electron chi connectivity index (χ3n) is 1.08. The standard InChI is InChI=1S/C6H7ClN2O/c1-4-8-3-5(9-4)2-6(7)10/h3H,2H2,1H3,(H,8,9). The summed E-state index contributed by atoms with van der Waals surface area (Å²) in [7, 11) is 0. The van der Waals surface area contributed by atoms with Crippen molar-refractivity contribution in [2.75, 3.05) is 0 Å². The lowest BCUT2D eigenvalue weighted by Crippen LogP contribution is -1.92.